The molecule has 104 valence electrons. The maximum Gasteiger partial charge on any atom is 0.0684 e. The quantitative estimate of drug-likeness (QED) is 0.907. The highest BCUT2D eigenvalue weighted by atomic mass is 16.5. The van der Waals surface area contributed by atoms with E-state index in [4.69, 9.17) is 4.74 Å². The van der Waals surface area contributed by atoms with E-state index < -0.39 is 0 Å². The summed E-state index contributed by atoms with van der Waals surface area (Å²) in [6.45, 7) is 7.82. The standard InChI is InChI=1S/C16H24N2O/c1-11(12-6-4-8-17-10-12)18-14-13-7-5-9-19-15(13)16(14,2)3/h4,6,8,10-11,13-15,18H,5,7,9H2,1-3H3. The number of nitrogens with one attached hydrogen (secondary N) is 1. The average Bonchev–Trinajstić information content (AvgIpc) is 2.45. The Bertz CT molecular complexity index is 432. The molecule has 0 bridgehead atoms. The maximum absolute atomic E-state index is 5.96. The fraction of sp³-hybridized carbons (Fsp3) is 0.688. The van der Waals surface area contributed by atoms with Crippen LogP contribution in [0.25, 0.3) is 0 Å². The summed E-state index contributed by atoms with van der Waals surface area (Å²) >= 11 is 0. The summed E-state index contributed by atoms with van der Waals surface area (Å²) in [6, 6.07) is 5.05. The molecule has 2 aliphatic rings. The van der Waals surface area contributed by atoms with Gasteiger partial charge in [-0.1, -0.05) is 19.9 Å². The van der Waals surface area contributed by atoms with E-state index in [1.54, 1.807) is 0 Å². The lowest BCUT2D eigenvalue weighted by molar-refractivity contribution is -0.194. The number of pyridine rings is 1. The Morgan fingerprint density at radius 3 is 3.05 bits per heavy atom. The molecular weight excluding hydrogens is 236 g/mol. The van der Waals surface area contributed by atoms with Crippen LogP contribution in [0.4, 0.5) is 0 Å². The van der Waals surface area contributed by atoms with Crippen molar-refractivity contribution >= 4 is 0 Å². The number of nitrogens with zero attached hydrogens (tertiary/aromatic N) is 1. The second-order valence-electron chi connectivity index (χ2n) is 6.57. The molecule has 1 aliphatic carbocycles. The van der Waals surface area contributed by atoms with Crippen LogP contribution < -0.4 is 5.32 Å². The smallest absolute Gasteiger partial charge is 0.0684 e. The fourth-order valence-corrected chi connectivity index (χ4v) is 3.86. The molecule has 2 fully saturated rings. The first-order chi connectivity index (χ1) is 9.10. The fourth-order valence-electron chi connectivity index (χ4n) is 3.86. The van der Waals surface area contributed by atoms with E-state index in [-0.39, 0.29) is 5.41 Å². The molecule has 3 nitrogen and oxygen atoms in total. The van der Waals surface area contributed by atoms with Crippen molar-refractivity contribution in [2.45, 2.75) is 51.8 Å². The maximum atomic E-state index is 5.96. The molecule has 2 heterocycles. The number of hydrogen-bond acceptors (Lipinski definition) is 3. The molecule has 4 atom stereocenters. The van der Waals surface area contributed by atoms with E-state index in [1.807, 2.05) is 18.5 Å². The van der Waals surface area contributed by atoms with Crippen molar-refractivity contribution in [2.24, 2.45) is 11.3 Å². The number of aromatic nitrogens is 1. The highest BCUT2D eigenvalue weighted by molar-refractivity contribution is 5.16. The van der Waals surface area contributed by atoms with Crippen molar-refractivity contribution in [1.82, 2.24) is 10.3 Å². The van der Waals surface area contributed by atoms with Crippen molar-refractivity contribution in [2.75, 3.05) is 6.61 Å². The van der Waals surface area contributed by atoms with Crippen LogP contribution in [-0.2, 0) is 4.74 Å². The van der Waals surface area contributed by atoms with Gasteiger partial charge in [0.25, 0.3) is 0 Å². The van der Waals surface area contributed by atoms with Gasteiger partial charge in [0.2, 0.25) is 0 Å². The lowest BCUT2D eigenvalue weighted by Gasteiger charge is -2.60. The SMILES string of the molecule is CC(NC1C2CCCOC2C1(C)C)c1cccnc1. The predicted octanol–water partition coefficient (Wildman–Crippen LogP) is 2.94. The van der Waals surface area contributed by atoms with Crippen LogP contribution in [0.5, 0.6) is 0 Å². The van der Waals surface area contributed by atoms with E-state index in [1.165, 1.54) is 18.4 Å². The monoisotopic (exact) mass is 260 g/mol. The summed E-state index contributed by atoms with van der Waals surface area (Å²) in [7, 11) is 0. The molecule has 1 aliphatic heterocycles. The molecule has 3 heteroatoms. The number of ether oxygens (including phenoxy) is 1. The van der Waals surface area contributed by atoms with Gasteiger partial charge in [-0.3, -0.25) is 4.98 Å². The normalized spacial score (nSPS) is 34.2. The molecule has 1 aromatic rings. The van der Waals surface area contributed by atoms with E-state index in [9.17, 15) is 0 Å². The topological polar surface area (TPSA) is 34.1 Å². The number of hydrogen-bond donors (Lipinski definition) is 1. The minimum Gasteiger partial charge on any atom is -0.377 e. The minimum atomic E-state index is 0.238. The van der Waals surface area contributed by atoms with E-state index in [0.717, 1.165) is 6.61 Å². The summed E-state index contributed by atoms with van der Waals surface area (Å²) in [5.74, 6) is 0.683. The lowest BCUT2D eigenvalue weighted by atomic mass is 9.55. The molecule has 0 aromatic carbocycles. The van der Waals surface area contributed by atoms with Gasteiger partial charge in [-0.2, -0.15) is 0 Å². The molecule has 1 aromatic heterocycles. The molecule has 4 unspecified atom stereocenters. The molecular formula is C16H24N2O. The Morgan fingerprint density at radius 2 is 2.32 bits per heavy atom. The third kappa shape index (κ3) is 2.19. The Kier molecular flexibility index (Phi) is 3.35. The third-order valence-corrected chi connectivity index (χ3v) is 4.95. The van der Waals surface area contributed by atoms with Crippen LogP contribution in [-0.4, -0.2) is 23.7 Å². The molecule has 1 saturated carbocycles. The Hall–Kier alpha value is -0.930. The second-order valence-corrected chi connectivity index (χ2v) is 6.57. The zero-order chi connectivity index (χ0) is 13.5. The van der Waals surface area contributed by atoms with Gasteiger partial charge in [0, 0.05) is 42.4 Å². The third-order valence-electron chi connectivity index (χ3n) is 4.95. The van der Waals surface area contributed by atoms with Crippen LogP contribution in [0.1, 0.15) is 45.2 Å². The van der Waals surface area contributed by atoms with Crippen molar-refractivity contribution in [1.29, 1.82) is 0 Å². The van der Waals surface area contributed by atoms with Crippen LogP contribution in [0.2, 0.25) is 0 Å². The average molecular weight is 260 g/mol. The number of rotatable bonds is 3. The minimum absolute atomic E-state index is 0.238. The van der Waals surface area contributed by atoms with Crippen LogP contribution in [0.15, 0.2) is 24.5 Å². The van der Waals surface area contributed by atoms with Crippen molar-refractivity contribution in [3.63, 3.8) is 0 Å². The highest BCUT2D eigenvalue weighted by Crippen LogP contribution is 2.51. The zero-order valence-corrected chi connectivity index (χ0v) is 12.1. The summed E-state index contributed by atoms with van der Waals surface area (Å²) in [5.41, 5.74) is 1.50. The van der Waals surface area contributed by atoms with Gasteiger partial charge in [0.05, 0.1) is 6.10 Å². The Balaban J connectivity index is 1.69. The van der Waals surface area contributed by atoms with Crippen molar-refractivity contribution in [3.05, 3.63) is 30.1 Å². The summed E-state index contributed by atoms with van der Waals surface area (Å²) in [6.07, 6.45) is 6.73. The molecule has 0 radical (unpaired) electrons. The Morgan fingerprint density at radius 1 is 1.47 bits per heavy atom. The molecule has 0 spiro atoms. The van der Waals surface area contributed by atoms with Crippen LogP contribution in [0.3, 0.4) is 0 Å². The first-order valence-electron chi connectivity index (χ1n) is 7.38. The summed E-state index contributed by atoms with van der Waals surface area (Å²) < 4.78 is 5.96. The van der Waals surface area contributed by atoms with Crippen molar-refractivity contribution < 1.29 is 4.74 Å². The van der Waals surface area contributed by atoms with Gasteiger partial charge < -0.3 is 10.1 Å². The van der Waals surface area contributed by atoms with Gasteiger partial charge in [0.15, 0.2) is 0 Å². The zero-order valence-electron chi connectivity index (χ0n) is 12.1. The van der Waals surface area contributed by atoms with Crippen LogP contribution in [0, 0.1) is 11.3 Å². The second kappa shape index (κ2) is 4.88. The molecule has 1 N–H and O–H groups in total. The van der Waals surface area contributed by atoms with Crippen LogP contribution >= 0.6 is 0 Å². The molecule has 1 saturated heterocycles. The Labute approximate surface area is 115 Å². The molecule has 3 rings (SSSR count). The first kappa shape index (κ1) is 13.1. The summed E-state index contributed by atoms with van der Waals surface area (Å²) in [4.78, 5) is 4.21. The van der Waals surface area contributed by atoms with E-state index >= 15 is 0 Å². The largest absolute Gasteiger partial charge is 0.377 e. The first-order valence-corrected chi connectivity index (χ1v) is 7.38. The van der Waals surface area contributed by atoms with Crippen molar-refractivity contribution in [3.8, 4) is 0 Å². The molecule has 19 heavy (non-hydrogen) atoms. The highest BCUT2D eigenvalue weighted by Gasteiger charge is 2.57. The predicted molar refractivity (Wildman–Crippen MR) is 75.8 cm³/mol. The lowest BCUT2D eigenvalue weighted by Crippen LogP contribution is -2.69. The van der Waals surface area contributed by atoms with Gasteiger partial charge in [-0.05, 0) is 31.4 Å². The number of fused-ring (bicyclic) bond motifs is 1. The molecule has 0 amide bonds. The van der Waals surface area contributed by atoms with Gasteiger partial charge in [-0.25, -0.2) is 0 Å². The van der Waals surface area contributed by atoms with Gasteiger partial charge in [0.1, 0.15) is 0 Å². The van der Waals surface area contributed by atoms with E-state index in [0.29, 0.717) is 24.1 Å². The van der Waals surface area contributed by atoms with Gasteiger partial charge in [-0.15, -0.1) is 0 Å². The van der Waals surface area contributed by atoms with E-state index in [2.05, 4.69) is 37.1 Å². The summed E-state index contributed by atoms with van der Waals surface area (Å²) in [5, 5.41) is 3.80. The van der Waals surface area contributed by atoms with Gasteiger partial charge >= 0.3 is 0 Å².